The van der Waals surface area contributed by atoms with Crippen molar-refractivity contribution >= 4 is 5.97 Å². The number of aryl methyl sites for hydroxylation is 2. The molecule has 0 amide bonds. The van der Waals surface area contributed by atoms with E-state index in [2.05, 4.69) is 11.2 Å². The lowest BCUT2D eigenvalue weighted by Gasteiger charge is -2.19. The number of hydrogen-bond donors (Lipinski definition) is 1. The van der Waals surface area contributed by atoms with Gasteiger partial charge >= 0.3 is 5.97 Å². The smallest absolute Gasteiger partial charge is 0.309 e. The molecule has 1 rings (SSSR count). The summed E-state index contributed by atoms with van der Waals surface area (Å²) in [5.41, 5.74) is 1.64. The third kappa shape index (κ3) is 4.06. The Kier molecular flexibility index (Phi) is 4.24. The lowest BCUT2D eigenvalue weighted by atomic mass is 9.88. The number of aliphatic carboxylic acids is 1. The second kappa shape index (κ2) is 5.89. The highest BCUT2D eigenvalue weighted by Crippen LogP contribution is 2.23. The Bertz CT molecular complexity index is 441. The molecular weight excluding hydrogens is 228 g/mol. The van der Waals surface area contributed by atoms with E-state index >= 15 is 0 Å². The molecule has 18 heavy (non-hydrogen) atoms. The second-order valence-corrected chi connectivity index (χ2v) is 5.39. The zero-order chi connectivity index (χ0) is 14.5. The summed E-state index contributed by atoms with van der Waals surface area (Å²) in [4.78, 5) is 11.3. The molecule has 0 atom stereocenters. The summed E-state index contributed by atoms with van der Waals surface area (Å²) in [7, 11) is 0. The maximum Gasteiger partial charge on any atom is 0.309 e. The van der Waals surface area contributed by atoms with Gasteiger partial charge in [0.25, 0.3) is 1.43 Å². The minimum Gasteiger partial charge on any atom is -0.493 e. The molecule has 0 fully saturated rings. The average Bonchev–Trinajstić information content (AvgIpc) is 2.37. The van der Waals surface area contributed by atoms with E-state index in [-0.39, 0.29) is 0 Å². The Labute approximate surface area is 110 Å². The summed E-state index contributed by atoms with van der Waals surface area (Å²) in [6, 6.07) is 6.10. The van der Waals surface area contributed by atoms with Gasteiger partial charge in [0.2, 0.25) is 0 Å². The molecular formula is C15H22O3. The van der Waals surface area contributed by atoms with Crippen LogP contribution in [0.5, 0.6) is 5.75 Å². The van der Waals surface area contributed by atoms with Crippen LogP contribution in [0.15, 0.2) is 18.2 Å². The van der Waals surface area contributed by atoms with Crippen molar-refractivity contribution in [3.05, 3.63) is 29.3 Å². The van der Waals surface area contributed by atoms with E-state index in [4.69, 9.17) is 6.17 Å². The van der Waals surface area contributed by atoms with Crippen molar-refractivity contribution in [2.24, 2.45) is 5.41 Å². The normalized spacial score (nSPS) is 11.9. The number of carboxylic acids is 1. The summed E-state index contributed by atoms with van der Waals surface area (Å²) < 4.78 is 12.4. The fourth-order valence-electron chi connectivity index (χ4n) is 1.66. The zero-order valence-electron chi connectivity index (χ0n) is 12.6. The van der Waals surface area contributed by atoms with Gasteiger partial charge in [0.1, 0.15) is 5.75 Å². The van der Waals surface area contributed by atoms with Crippen LogP contribution in [-0.2, 0) is 4.79 Å². The van der Waals surface area contributed by atoms with Crippen LogP contribution in [0.1, 0.15) is 37.8 Å². The van der Waals surface area contributed by atoms with Crippen molar-refractivity contribution in [1.29, 1.82) is 1.43 Å². The monoisotopic (exact) mass is 251 g/mol. The standard InChI is InChI=1S/C15H22O3/c1-11-6-7-12(2)13(10-11)18-9-5-8-15(3,4)14(16)17/h6-7,10H,5,8-9H2,1-4H3,(H,16,17)/i/hD. The van der Waals surface area contributed by atoms with E-state index in [1.165, 1.54) is 5.56 Å². The van der Waals surface area contributed by atoms with Gasteiger partial charge in [-0.1, -0.05) is 12.1 Å². The first-order valence-corrected chi connectivity index (χ1v) is 6.24. The van der Waals surface area contributed by atoms with Crippen LogP contribution in [0, 0.1) is 19.3 Å². The van der Waals surface area contributed by atoms with Gasteiger partial charge in [-0.05, 0) is 57.7 Å². The van der Waals surface area contributed by atoms with Crippen LogP contribution in [-0.4, -0.2) is 17.7 Å². The number of ether oxygens (including phenoxy) is 1. The summed E-state index contributed by atoms with van der Waals surface area (Å²) >= 11 is 0. The molecule has 1 N–H and O–H groups in total. The van der Waals surface area contributed by atoms with Crippen LogP contribution in [0.4, 0.5) is 0 Å². The third-order valence-corrected chi connectivity index (χ3v) is 3.10. The molecule has 100 valence electrons. The topological polar surface area (TPSA) is 46.5 Å². The third-order valence-electron chi connectivity index (χ3n) is 3.10. The molecule has 0 unspecified atom stereocenters. The first kappa shape index (κ1) is 12.9. The molecule has 0 aliphatic carbocycles. The number of benzene rings is 1. The molecule has 0 aromatic heterocycles. The SMILES string of the molecule is [2H]OC(=O)C(C)(C)CCCOc1cc(C)ccc1C. The maximum absolute atomic E-state index is 11.3. The van der Waals surface area contributed by atoms with Crippen molar-refractivity contribution in [2.75, 3.05) is 6.61 Å². The minimum atomic E-state index is -0.632. The summed E-state index contributed by atoms with van der Waals surface area (Å²) in [6.45, 7) is 8.15. The van der Waals surface area contributed by atoms with Gasteiger partial charge in [-0.15, -0.1) is 0 Å². The highest BCUT2D eigenvalue weighted by molar-refractivity contribution is 5.73. The number of carboxylic acid groups (broad SMARTS) is 1. The van der Waals surface area contributed by atoms with Gasteiger partial charge in [-0.3, -0.25) is 4.79 Å². The van der Waals surface area contributed by atoms with Crippen LogP contribution in [0.2, 0.25) is 0 Å². The van der Waals surface area contributed by atoms with E-state index in [1.807, 2.05) is 26.0 Å². The predicted octanol–water partition coefficient (Wildman–Crippen LogP) is 3.57. The van der Waals surface area contributed by atoms with Crippen molar-refractivity contribution in [2.45, 2.75) is 40.5 Å². The van der Waals surface area contributed by atoms with Gasteiger partial charge in [-0.2, -0.15) is 0 Å². The molecule has 0 radical (unpaired) electrons. The van der Waals surface area contributed by atoms with E-state index in [0.29, 0.717) is 13.0 Å². The van der Waals surface area contributed by atoms with E-state index in [9.17, 15) is 4.79 Å². The van der Waals surface area contributed by atoms with Crippen LogP contribution in [0.3, 0.4) is 0 Å². The fraction of sp³-hybridized carbons (Fsp3) is 0.533. The average molecular weight is 251 g/mol. The Hall–Kier alpha value is -1.51. The molecule has 0 saturated carbocycles. The summed E-state index contributed by atoms with van der Waals surface area (Å²) in [5.74, 6) is 0.389. The Morgan fingerprint density at radius 3 is 2.83 bits per heavy atom. The highest BCUT2D eigenvalue weighted by atomic mass is 16.5. The van der Waals surface area contributed by atoms with Crippen molar-refractivity contribution in [3.63, 3.8) is 0 Å². The number of carbonyl (C=O) groups is 1. The number of rotatable bonds is 6. The molecule has 0 spiro atoms. The van der Waals surface area contributed by atoms with E-state index < -0.39 is 11.4 Å². The molecule has 3 nitrogen and oxygen atoms in total. The van der Waals surface area contributed by atoms with Gasteiger partial charge in [-0.25, -0.2) is 0 Å². The quantitative estimate of drug-likeness (QED) is 0.786. The lowest BCUT2D eigenvalue weighted by Crippen LogP contribution is -2.24. The van der Waals surface area contributed by atoms with Crippen LogP contribution < -0.4 is 4.74 Å². The molecule has 1 aromatic rings. The Morgan fingerprint density at radius 1 is 1.44 bits per heavy atom. The van der Waals surface area contributed by atoms with Crippen LogP contribution in [0.25, 0.3) is 1.43 Å². The fourth-order valence-corrected chi connectivity index (χ4v) is 1.66. The summed E-state index contributed by atoms with van der Waals surface area (Å²) in [6.07, 6.45) is 1.38. The molecule has 0 aliphatic rings. The molecule has 0 saturated heterocycles. The highest BCUT2D eigenvalue weighted by Gasteiger charge is 2.26. The van der Waals surface area contributed by atoms with Crippen molar-refractivity contribution < 1.29 is 14.6 Å². The van der Waals surface area contributed by atoms with Gasteiger partial charge in [0.15, 0.2) is 0 Å². The second-order valence-electron chi connectivity index (χ2n) is 5.39. The van der Waals surface area contributed by atoms with Crippen molar-refractivity contribution in [1.82, 2.24) is 0 Å². The summed E-state index contributed by atoms with van der Waals surface area (Å²) in [5, 5.41) is 4.04. The van der Waals surface area contributed by atoms with E-state index in [0.717, 1.165) is 17.7 Å². The van der Waals surface area contributed by atoms with Crippen molar-refractivity contribution in [3.8, 4) is 5.75 Å². The lowest BCUT2D eigenvalue weighted by molar-refractivity contribution is -0.147. The molecule has 3 heteroatoms. The van der Waals surface area contributed by atoms with Gasteiger partial charge in [0, 0.05) is 0 Å². The molecule has 1 aromatic carbocycles. The largest absolute Gasteiger partial charge is 0.493 e. The predicted molar refractivity (Wildman–Crippen MR) is 72.1 cm³/mol. The van der Waals surface area contributed by atoms with Gasteiger partial charge < -0.3 is 9.85 Å². The van der Waals surface area contributed by atoms with Gasteiger partial charge in [0.05, 0.1) is 12.0 Å². The van der Waals surface area contributed by atoms with E-state index in [1.54, 1.807) is 13.8 Å². The maximum atomic E-state index is 11.3. The Balaban J connectivity index is 2.43. The zero-order valence-corrected chi connectivity index (χ0v) is 11.6. The molecule has 0 bridgehead atoms. The van der Waals surface area contributed by atoms with Crippen LogP contribution >= 0.6 is 0 Å². The minimum absolute atomic E-state index is 0.501. The Morgan fingerprint density at radius 2 is 2.17 bits per heavy atom. The first-order chi connectivity index (χ1) is 8.86. The first-order valence-electron chi connectivity index (χ1n) is 6.65. The molecule has 0 aliphatic heterocycles. The number of hydrogen-bond acceptors (Lipinski definition) is 3. The molecule has 0 heterocycles.